The summed E-state index contributed by atoms with van der Waals surface area (Å²) in [6.45, 7) is 0. The van der Waals surface area contributed by atoms with Crippen molar-refractivity contribution in [3.05, 3.63) is 40.1 Å². The van der Waals surface area contributed by atoms with Gasteiger partial charge in [0, 0.05) is 6.20 Å². The first-order valence-corrected chi connectivity index (χ1v) is 6.91. The fourth-order valence-electron chi connectivity index (χ4n) is 1.56. The number of benzene rings is 1. The standard InChI is InChI=1S/C11H4Cl2F6N2S/c12-7-1-5(10(14,15)16)2-8(13)9(7)21-4-6(3-20-21)22-11(17,18)19/h1-4H. The Balaban J connectivity index is 2.42. The molecule has 0 radical (unpaired) electrons. The molecule has 1 heterocycles. The molecule has 2 rings (SSSR count). The molecule has 0 aliphatic rings. The summed E-state index contributed by atoms with van der Waals surface area (Å²) in [5.41, 5.74) is -5.71. The van der Waals surface area contributed by atoms with Crippen molar-refractivity contribution in [1.29, 1.82) is 0 Å². The highest BCUT2D eigenvalue weighted by Gasteiger charge is 2.33. The Kier molecular flexibility index (Phi) is 4.61. The fraction of sp³-hybridized carbons (Fsp3) is 0.182. The predicted octanol–water partition coefficient (Wildman–Crippen LogP) is 5.81. The van der Waals surface area contributed by atoms with E-state index in [4.69, 9.17) is 23.2 Å². The lowest BCUT2D eigenvalue weighted by atomic mass is 10.2. The molecule has 0 spiro atoms. The number of hydrogen-bond acceptors (Lipinski definition) is 2. The molecule has 2 aromatic rings. The van der Waals surface area contributed by atoms with Crippen LogP contribution in [0.4, 0.5) is 26.3 Å². The molecule has 22 heavy (non-hydrogen) atoms. The van der Waals surface area contributed by atoms with Gasteiger partial charge in [0.2, 0.25) is 0 Å². The number of thioether (sulfide) groups is 1. The highest BCUT2D eigenvalue weighted by Crippen LogP contribution is 2.39. The minimum atomic E-state index is -4.65. The molecular formula is C11H4Cl2F6N2S. The summed E-state index contributed by atoms with van der Waals surface area (Å²) >= 11 is 11.1. The molecule has 11 heteroatoms. The lowest BCUT2D eigenvalue weighted by molar-refractivity contribution is -0.137. The number of nitrogens with zero attached hydrogens (tertiary/aromatic N) is 2. The number of rotatable bonds is 2. The van der Waals surface area contributed by atoms with Gasteiger partial charge in [0.05, 0.1) is 26.7 Å². The van der Waals surface area contributed by atoms with E-state index in [9.17, 15) is 26.3 Å². The summed E-state index contributed by atoms with van der Waals surface area (Å²) in [5, 5.41) is 2.86. The van der Waals surface area contributed by atoms with Crippen molar-refractivity contribution in [3.8, 4) is 5.69 Å². The largest absolute Gasteiger partial charge is 0.446 e. The zero-order chi connectivity index (χ0) is 16.7. The maximum Gasteiger partial charge on any atom is 0.446 e. The Bertz CT molecular complexity index is 672. The van der Waals surface area contributed by atoms with Crippen LogP contribution < -0.4 is 0 Å². The van der Waals surface area contributed by atoms with Crippen molar-refractivity contribution in [1.82, 2.24) is 9.78 Å². The van der Waals surface area contributed by atoms with Gasteiger partial charge in [-0.25, -0.2) is 4.68 Å². The van der Waals surface area contributed by atoms with Crippen LogP contribution in [0, 0.1) is 0 Å². The molecule has 2 nitrogen and oxygen atoms in total. The van der Waals surface area contributed by atoms with Crippen LogP contribution in [0.1, 0.15) is 5.56 Å². The highest BCUT2D eigenvalue weighted by atomic mass is 35.5. The third kappa shape index (κ3) is 4.02. The van der Waals surface area contributed by atoms with Crippen LogP contribution in [-0.4, -0.2) is 15.3 Å². The molecule has 0 fully saturated rings. The van der Waals surface area contributed by atoms with Crippen molar-refractivity contribution < 1.29 is 26.3 Å². The predicted molar refractivity (Wildman–Crippen MR) is 70.5 cm³/mol. The van der Waals surface area contributed by atoms with E-state index in [0.29, 0.717) is 12.1 Å². The molecule has 1 aromatic carbocycles. The van der Waals surface area contributed by atoms with Gasteiger partial charge in [-0.15, -0.1) is 0 Å². The van der Waals surface area contributed by atoms with E-state index < -0.39 is 29.0 Å². The Labute approximate surface area is 134 Å². The van der Waals surface area contributed by atoms with Gasteiger partial charge >= 0.3 is 11.7 Å². The van der Waals surface area contributed by atoms with Gasteiger partial charge in [-0.3, -0.25) is 0 Å². The zero-order valence-electron chi connectivity index (χ0n) is 10.1. The van der Waals surface area contributed by atoms with E-state index in [1.807, 2.05) is 0 Å². The average molecular weight is 381 g/mol. The third-order valence-electron chi connectivity index (χ3n) is 2.37. The average Bonchev–Trinajstić information content (AvgIpc) is 2.72. The minimum Gasteiger partial charge on any atom is -0.237 e. The summed E-state index contributed by atoms with van der Waals surface area (Å²) in [4.78, 5) is -0.250. The van der Waals surface area contributed by atoms with Gasteiger partial charge in [0.1, 0.15) is 5.69 Å². The van der Waals surface area contributed by atoms with Crippen LogP contribution >= 0.6 is 35.0 Å². The molecule has 0 aliphatic heterocycles. The van der Waals surface area contributed by atoms with Crippen molar-refractivity contribution in [3.63, 3.8) is 0 Å². The van der Waals surface area contributed by atoms with Crippen LogP contribution in [0.25, 0.3) is 5.69 Å². The summed E-state index contributed by atoms with van der Waals surface area (Å²) in [7, 11) is 0. The number of hydrogen-bond donors (Lipinski definition) is 0. The van der Waals surface area contributed by atoms with E-state index in [1.165, 1.54) is 0 Å². The van der Waals surface area contributed by atoms with Gasteiger partial charge in [-0.1, -0.05) is 23.2 Å². The second-order valence-electron chi connectivity index (χ2n) is 3.95. The summed E-state index contributed by atoms with van der Waals surface area (Å²) in [5.74, 6) is 0. The highest BCUT2D eigenvalue weighted by molar-refractivity contribution is 8.00. The van der Waals surface area contributed by atoms with E-state index in [2.05, 4.69) is 5.10 Å². The Morgan fingerprint density at radius 2 is 1.55 bits per heavy atom. The van der Waals surface area contributed by atoms with Gasteiger partial charge in [0.25, 0.3) is 0 Å². The summed E-state index contributed by atoms with van der Waals surface area (Å²) in [6.07, 6.45) is -2.77. The smallest absolute Gasteiger partial charge is 0.237 e. The molecule has 0 saturated carbocycles. The van der Waals surface area contributed by atoms with E-state index in [0.717, 1.165) is 17.1 Å². The molecule has 0 N–H and O–H groups in total. The second kappa shape index (κ2) is 5.86. The molecule has 0 amide bonds. The van der Waals surface area contributed by atoms with Gasteiger partial charge < -0.3 is 0 Å². The first-order chi connectivity index (χ1) is 9.97. The lowest BCUT2D eigenvalue weighted by Gasteiger charge is -2.12. The summed E-state index contributed by atoms with van der Waals surface area (Å²) in [6, 6.07) is 1.25. The number of halogens is 8. The van der Waals surface area contributed by atoms with Crippen molar-refractivity contribution in [2.45, 2.75) is 16.6 Å². The van der Waals surface area contributed by atoms with Crippen molar-refractivity contribution in [2.75, 3.05) is 0 Å². The van der Waals surface area contributed by atoms with Crippen LogP contribution in [0.3, 0.4) is 0 Å². The van der Waals surface area contributed by atoms with E-state index in [1.54, 1.807) is 0 Å². The van der Waals surface area contributed by atoms with Crippen LogP contribution in [0.15, 0.2) is 29.4 Å². The molecule has 0 unspecified atom stereocenters. The van der Waals surface area contributed by atoms with Crippen LogP contribution in [0.5, 0.6) is 0 Å². The third-order valence-corrected chi connectivity index (χ3v) is 3.62. The second-order valence-corrected chi connectivity index (χ2v) is 5.91. The summed E-state index contributed by atoms with van der Waals surface area (Å²) < 4.78 is 75.4. The number of aromatic nitrogens is 2. The molecule has 0 aliphatic carbocycles. The molecule has 120 valence electrons. The molecule has 0 saturated heterocycles. The normalized spacial score (nSPS) is 12.7. The van der Waals surface area contributed by atoms with Crippen molar-refractivity contribution >= 4 is 35.0 Å². The van der Waals surface area contributed by atoms with E-state index >= 15 is 0 Å². The maximum atomic E-state index is 12.6. The molecular weight excluding hydrogens is 377 g/mol. The SMILES string of the molecule is FC(F)(F)Sc1cnn(-c2c(Cl)cc(C(F)(F)F)cc2Cl)c1. The monoisotopic (exact) mass is 380 g/mol. The zero-order valence-corrected chi connectivity index (χ0v) is 12.5. The maximum absolute atomic E-state index is 12.6. The van der Waals surface area contributed by atoms with Gasteiger partial charge in [-0.05, 0) is 23.9 Å². The minimum absolute atomic E-state index is 0.134. The first kappa shape index (κ1) is 17.3. The quantitative estimate of drug-likeness (QED) is 0.483. The van der Waals surface area contributed by atoms with Crippen LogP contribution in [-0.2, 0) is 6.18 Å². The Morgan fingerprint density at radius 3 is 2.00 bits per heavy atom. The van der Waals surface area contributed by atoms with Crippen molar-refractivity contribution in [2.24, 2.45) is 0 Å². The Morgan fingerprint density at radius 1 is 1.00 bits per heavy atom. The fourth-order valence-corrected chi connectivity index (χ4v) is 2.74. The Hall–Kier alpha value is -1.06. The molecule has 1 aromatic heterocycles. The first-order valence-electron chi connectivity index (χ1n) is 5.34. The van der Waals surface area contributed by atoms with Crippen LogP contribution in [0.2, 0.25) is 10.0 Å². The van der Waals surface area contributed by atoms with Gasteiger partial charge in [0.15, 0.2) is 0 Å². The molecule has 0 atom stereocenters. The van der Waals surface area contributed by atoms with Gasteiger partial charge in [-0.2, -0.15) is 31.4 Å². The number of alkyl halides is 6. The lowest BCUT2D eigenvalue weighted by Crippen LogP contribution is -2.06. The molecule has 0 bridgehead atoms. The van der Waals surface area contributed by atoms with E-state index in [-0.39, 0.29) is 20.6 Å². The topological polar surface area (TPSA) is 17.8 Å².